The molecule has 1 unspecified atom stereocenters. The number of aromatic nitrogens is 1. The first-order valence-corrected chi connectivity index (χ1v) is 4.45. The van der Waals surface area contributed by atoms with Gasteiger partial charge in [-0.05, 0) is 25.6 Å². The highest BCUT2D eigenvalue weighted by Gasteiger charge is 2.08. The average molecular weight is 180 g/mol. The molecule has 1 N–H and O–H groups in total. The van der Waals surface area contributed by atoms with E-state index in [1.165, 1.54) is 0 Å². The molecule has 3 heteroatoms. The third-order valence-electron chi connectivity index (χ3n) is 2.00. The van der Waals surface area contributed by atoms with Crippen molar-refractivity contribution in [2.24, 2.45) is 0 Å². The van der Waals surface area contributed by atoms with Gasteiger partial charge in [0.05, 0.1) is 11.7 Å². The number of rotatable bonds is 5. The summed E-state index contributed by atoms with van der Waals surface area (Å²) in [6.07, 6.45) is 2.76. The summed E-state index contributed by atoms with van der Waals surface area (Å²) in [7, 11) is 3.65. The van der Waals surface area contributed by atoms with Crippen LogP contribution >= 0.6 is 0 Å². The number of hydrogen-bond donors (Lipinski definition) is 1. The Kier molecular flexibility index (Phi) is 4.43. The van der Waals surface area contributed by atoms with Gasteiger partial charge in [-0.1, -0.05) is 6.07 Å². The molecule has 0 aromatic carbocycles. The molecule has 0 aliphatic heterocycles. The van der Waals surface area contributed by atoms with E-state index in [2.05, 4.69) is 10.3 Å². The van der Waals surface area contributed by atoms with Crippen LogP contribution in [0, 0.1) is 0 Å². The number of hydrogen-bond acceptors (Lipinski definition) is 3. The summed E-state index contributed by atoms with van der Waals surface area (Å²) in [6, 6.07) is 6.24. The Hall–Kier alpha value is -0.930. The normalized spacial score (nSPS) is 12.8. The monoisotopic (exact) mass is 180 g/mol. The van der Waals surface area contributed by atoms with Gasteiger partial charge in [0.25, 0.3) is 0 Å². The zero-order valence-corrected chi connectivity index (χ0v) is 8.16. The van der Waals surface area contributed by atoms with Crippen molar-refractivity contribution in [3.63, 3.8) is 0 Å². The summed E-state index contributed by atoms with van der Waals surface area (Å²) < 4.78 is 5.03. The lowest BCUT2D eigenvalue weighted by Gasteiger charge is -2.14. The molecule has 1 heterocycles. The zero-order chi connectivity index (χ0) is 9.52. The molecule has 1 atom stereocenters. The van der Waals surface area contributed by atoms with E-state index in [1.807, 2.05) is 31.4 Å². The van der Waals surface area contributed by atoms with Crippen LogP contribution in [0.4, 0.5) is 0 Å². The highest BCUT2D eigenvalue weighted by molar-refractivity contribution is 5.08. The SMILES string of the molecule is CNC(CCOC)c1ccccn1. The fourth-order valence-electron chi connectivity index (χ4n) is 1.26. The van der Waals surface area contributed by atoms with E-state index in [4.69, 9.17) is 4.74 Å². The van der Waals surface area contributed by atoms with Crippen LogP contribution in [-0.2, 0) is 4.74 Å². The molecule has 0 fully saturated rings. The molecule has 3 nitrogen and oxygen atoms in total. The van der Waals surface area contributed by atoms with E-state index in [0.717, 1.165) is 18.7 Å². The lowest BCUT2D eigenvalue weighted by atomic mass is 10.1. The smallest absolute Gasteiger partial charge is 0.0573 e. The van der Waals surface area contributed by atoms with Gasteiger partial charge in [0.2, 0.25) is 0 Å². The van der Waals surface area contributed by atoms with Gasteiger partial charge in [0.1, 0.15) is 0 Å². The van der Waals surface area contributed by atoms with E-state index < -0.39 is 0 Å². The third kappa shape index (κ3) is 3.13. The molecule has 0 bridgehead atoms. The Morgan fingerprint density at radius 1 is 1.54 bits per heavy atom. The third-order valence-corrected chi connectivity index (χ3v) is 2.00. The van der Waals surface area contributed by atoms with Crippen molar-refractivity contribution in [1.29, 1.82) is 0 Å². The van der Waals surface area contributed by atoms with Gasteiger partial charge >= 0.3 is 0 Å². The number of ether oxygens (including phenoxy) is 1. The van der Waals surface area contributed by atoms with Crippen molar-refractivity contribution in [2.75, 3.05) is 20.8 Å². The first-order chi connectivity index (χ1) is 6.38. The quantitative estimate of drug-likeness (QED) is 0.743. The summed E-state index contributed by atoms with van der Waals surface area (Å²) in [6.45, 7) is 0.752. The van der Waals surface area contributed by atoms with Crippen LogP contribution in [0.1, 0.15) is 18.2 Å². The first-order valence-electron chi connectivity index (χ1n) is 4.45. The van der Waals surface area contributed by atoms with Crippen LogP contribution in [0.5, 0.6) is 0 Å². The minimum absolute atomic E-state index is 0.293. The van der Waals surface area contributed by atoms with Crippen LogP contribution in [-0.4, -0.2) is 25.7 Å². The molecule has 1 aromatic rings. The van der Waals surface area contributed by atoms with Crippen LogP contribution in [0.3, 0.4) is 0 Å². The summed E-state index contributed by atoms with van der Waals surface area (Å²) in [4.78, 5) is 4.28. The van der Waals surface area contributed by atoms with Gasteiger partial charge in [-0.25, -0.2) is 0 Å². The van der Waals surface area contributed by atoms with E-state index in [-0.39, 0.29) is 0 Å². The van der Waals surface area contributed by atoms with Crippen LogP contribution in [0.2, 0.25) is 0 Å². The van der Waals surface area contributed by atoms with E-state index >= 15 is 0 Å². The predicted molar refractivity (Wildman–Crippen MR) is 52.5 cm³/mol. The van der Waals surface area contributed by atoms with Crippen molar-refractivity contribution in [3.05, 3.63) is 30.1 Å². The van der Waals surface area contributed by atoms with Crippen LogP contribution < -0.4 is 5.32 Å². The molecule has 1 aromatic heterocycles. The zero-order valence-electron chi connectivity index (χ0n) is 8.16. The van der Waals surface area contributed by atoms with Gasteiger partial charge in [0.15, 0.2) is 0 Å². The Labute approximate surface area is 79.1 Å². The van der Waals surface area contributed by atoms with Gasteiger partial charge in [-0.3, -0.25) is 4.98 Å². The summed E-state index contributed by atoms with van der Waals surface area (Å²) in [5, 5.41) is 3.21. The molecule has 0 saturated carbocycles. The molecular weight excluding hydrogens is 164 g/mol. The molecule has 0 saturated heterocycles. The summed E-state index contributed by atoms with van der Waals surface area (Å²) >= 11 is 0. The van der Waals surface area contributed by atoms with E-state index in [1.54, 1.807) is 7.11 Å². The second-order valence-corrected chi connectivity index (χ2v) is 2.88. The molecule has 0 aliphatic rings. The van der Waals surface area contributed by atoms with Crippen molar-refractivity contribution in [1.82, 2.24) is 10.3 Å². The molecule has 1 rings (SSSR count). The molecule has 0 spiro atoms. The predicted octanol–water partition coefficient (Wildman–Crippen LogP) is 1.38. The average Bonchev–Trinajstić information content (AvgIpc) is 2.21. The highest BCUT2D eigenvalue weighted by Crippen LogP contribution is 2.12. The number of pyridine rings is 1. The van der Waals surface area contributed by atoms with Crippen molar-refractivity contribution >= 4 is 0 Å². The maximum atomic E-state index is 5.03. The lowest BCUT2D eigenvalue weighted by molar-refractivity contribution is 0.183. The molecule has 13 heavy (non-hydrogen) atoms. The standard InChI is InChI=1S/C10H16N2O/c1-11-9(6-8-13-2)10-5-3-4-7-12-10/h3-5,7,9,11H,6,8H2,1-2H3. The minimum Gasteiger partial charge on any atom is -0.385 e. The van der Waals surface area contributed by atoms with Crippen LogP contribution in [0.25, 0.3) is 0 Å². The molecule has 0 aliphatic carbocycles. The Bertz CT molecular complexity index is 226. The maximum Gasteiger partial charge on any atom is 0.0573 e. The summed E-state index contributed by atoms with van der Waals surface area (Å²) in [5.74, 6) is 0. The minimum atomic E-state index is 0.293. The van der Waals surface area contributed by atoms with Gasteiger partial charge in [0, 0.05) is 19.9 Å². The Balaban J connectivity index is 2.56. The molecule has 0 amide bonds. The van der Waals surface area contributed by atoms with Crippen molar-refractivity contribution < 1.29 is 4.74 Å². The van der Waals surface area contributed by atoms with Crippen LogP contribution in [0.15, 0.2) is 24.4 Å². The maximum absolute atomic E-state index is 5.03. The highest BCUT2D eigenvalue weighted by atomic mass is 16.5. The lowest BCUT2D eigenvalue weighted by Crippen LogP contribution is -2.19. The molecule has 0 radical (unpaired) electrons. The topological polar surface area (TPSA) is 34.1 Å². The molecule has 72 valence electrons. The number of nitrogens with zero attached hydrogens (tertiary/aromatic N) is 1. The largest absolute Gasteiger partial charge is 0.385 e. The van der Waals surface area contributed by atoms with E-state index in [9.17, 15) is 0 Å². The van der Waals surface area contributed by atoms with Crippen molar-refractivity contribution in [2.45, 2.75) is 12.5 Å². The first kappa shape index (κ1) is 10.2. The Morgan fingerprint density at radius 2 is 2.38 bits per heavy atom. The van der Waals surface area contributed by atoms with Gasteiger partial charge in [-0.2, -0.15) is 0 Å². The van der Waals surface area contributed by atoms with E-state index in [0.29, 0.717) is 6.04 Å². The molecular formula is C10H16N2O. The fourth-order valence-corrected chi connectivity index (χ4v) is 1.26. The second kappa shape index (κ2) is 5.67. The van der Waals surface area contributed by atoms with Gasteiger partial charge < -0.3 is 10.1 Å². The number of methoxy groups -OCH3 is 1. The Morgan fingerprint density at radius 3 is 2.92 bits per heavy atom. The van der Waals surface area contributed by atoms with Gasteiger partial charge in [-0.15, -0.1) is 0 Å². The summed E-state index contributed by atoms with van der Waals surface area (Å²) in [5.41, 5.74) is 1.07. The van der Waals surface area contributed by atoms with Crippen molar-refractivity contribution in [3.8, 4) is 0 Å². The second-order valence-electron chi connectivity index (χ2n) is 2.88. The fraction of sp³-hybridized carbons (Fsp3) is 0.500. The number of nitrogens with one attached hydrogen (secondary N) is 1.